The molecule has 0 aliphatic heterocycles. The molecule has 0 saturated heterocycles. The molecule has 20 heavy (non-hydrogen) atoms. The van der Waals surface area contributed by atoms with Gasteiger partial charge in [0.25, 0.3) is 0 Å². The summed E-state index contributed by atoms with van der Waals surface area (Å²) in [6.45, 7) is 9.66. The highest BCUT2D eigenvalue weighted by atomic mass is 32.1. The number of hydrogen-bond donors (Lipinski definition) is 1. The van der Waals surface area contributed by atoms with Crippen LogP contribution in [0.1, 0.15) is 55.3 Å². The van der Waals surface area contributed by atoms with E-state index in [2.05, 4.69) is 29.3 Å². The molecule has 0 spiro atoms. The van der Waals surface area contributed by atoms with E-state index in [1.165, 1.54) is 11.3 Å². The normalized spacial score (nSPS) is 12.7. The second-order valence-electron chi connectivity index (χ2n) is 5.18. The van der Waals surface area contributed by atoms with Crippen LogP contribution >= 0.6 is 11.3 Å². The average Bonchev–Trinajstić information content (AvgIpc) is 2.96. The Morgan fingerprint density at radius 2 is 2.05 bits per heavy atom. The summed E-state index contributed by atoms with van der Waals surface area (Å²) in [6, 6.07) is 0. The molecule has 6 heteroatoms. The summed E-state index contributed by atoms with van der Waals surface area (Å²) >= 11 is 1.45. The Morgan fingerprint density at radius 1 is 1.35 bits per heavy atom. The lowest BCUT2D eigenvalue weighted by Crippen LogP contribution is -2.19. The summed E-state index contributed by atoms with van der Waals surface area (Å²) in [7, 11) is 0. The van der Waals surface area contributed by atoms with Crippen LogP contribution in [-0.4, -0.2) is 16.0 Å². The van der Waals surface area contributed by atoms with Crippen LogP contribution in [0.2, 0.25) is 0 Å². The van der Waals surface area contributed by atoms with Crippen LogP contribution in [0.15, 0.2) is 9.90 Å². The SMILES string of the molecule is Cc1noc(C)c1C(C)C(=O)Nc1nc(C(C)C)cs1. The van der Waals surface area contributed by atoms with E-state index in [0.717, 1.165) is 17.0 Å². The number of amides is 1. The highest BCUT2D eigenvalue weighted by molar-refractivity contribution is 7.13. The second-order valence-corrected chi connectivity index (χ2v) is 6.04. The Kier molecular flexibility index (Phi) is 4.23. The van der Waals surface area contributed by atoms with Gasteiger partial charge in [0.15, 0.2) is 5.13 Å². The average molecular weight is 293 g/mol. The highest BCUT2D eigenvalue weighted by Gasteiger charge is 2.23. The molecule has 1 amide bonds. The van der Waals surface area contributed by atoms with Gasteiger partial charge in [-0.05, 0) is 26.7 Å². The van der Waals surface area contributed by atoms with Gasteiger partial charge < -0.3 is 9.84 Å². The molecule has 0 radical (unpaired) electrons. The number of hydrogen-bond acceptors (Lipinski definition) is 5. The molecule has 2 rings (SSSR count). The smallest absolute Gasteiger partial charge is 0.233 e. The van der Waals surface area contributed by atoms with Gasteiger partial charge >= 0.3 is 0 Å². The molecule has 0 fully saturated rings. The zero-order valence-electron chi connectivity index (χ0n) is 12.4. The third-order valence-corrected chi connectivity index (χ3v) is 4.03. The third kappa shape index (κ3) is 2.90. The lowest BCUT2D eigenvalue weighted by Gasteiger charge is -2.10. The number of thiazole rings is 1. The van der Waals surface area contributed by atoms with Crippen molar-refractivity contribution >= 4 is 22.4 Å². The van der Waals surface area contributed by atoms with Gasteiger partial charge in [0, 0.05) is 10.9 Å². The fourth-order valence-corrected chi connectivity index (χ4v) is 2.94. The summed E-state index contributed by atoms with van der Waals surface area (Å²) in [5.74, 6) is 0.640. The Balaban J connectivity index is 2.11. The van der Waals surface area contributed by atoms with Gasteiger partial charge in [-0.3, -0.25) is 4.79 Å². The van der Waals surface area contributed by atoms with Gasteiger partial charge in [-0.2, -0.15) is 0 Å². The number of anilines is 1. The first-order valence-corrected chi connectivity index (χ1v) is 7.47. The number of aryl methyl sites for hydroxylation is 2. The predicted molar refractivity (Wildman–Crippen MR) is 79.2 cm³/mol. The Labute approximate surface area is 122 Å². The molecular weight excluding hydrogens is 274 g/mol. The summed E-state index contributed by atoms with van der Waals surface area (Å²) in [5, 5.41) is 9.35. The van der Waals surface area contributed by atoms with Crippen molar-refractivity contribution in [1.82, 2.24) is 10.1 Å². The van der Waals surface area contributed by atoms with Crippen molar-refractivity contribution in [1.29, 1.82) is 0 Å². The number of nitrogens with one attached hydrogen (secondary N) is 1. The van der Waals surface area contributed by atoms with Gasteiger partial charge in [0.1, 0.15) is 5.76 Å². The molecule has 2 heterocycles. The predicted octanol–water partition coefficient (Wildman–Crippen LogP) is 3.61. The quantitative estimate of drug-likeness (QED) is 0.935. The molecule has 0 saturated carbocycles. The van der Waals surface area contributed by atoms with E-state index in [0.29, 0.717) is 16.8 Å². The minimum absolute atomic E-state index is 0.0935. The molecule has 1 atom stereocenters. The van der Waals surface area contributed by atoms with Crippen molar-refractivity contribution < 1.29 is 9.32 Å². The first-order valence-electron chi connectivity index (χ1n) is 6.59. The lowest BCUT2D eigenvalue weighted by atomic mass is 9.99. The van der Waals surface area contributed by atoms with Crippen LogP contribution in [0.5, 0.6) is 0 Å². The molecule has 108 valence electrons. The number of carbonyl (C=O) groups is 1. The van der Waals surface area contributed by atoms with Crippen LogP contribution in [0, 0.1) is 13.8 Å². The van der Waals surface area contributed by atoms with E-state index in [4.69, 9.17) is 4.52 Å². The monoisotopic (exact) mass is 293 g/mol. The number of carbonyl (C=O) groups excluding carboxylic acids is 1. The largest absolute Gasteiger partial charge is 0.361 e. The van der Waals surface area contributed by atoms with Crippen LogP contribution in [-0.2, 0) is 4.79 Å². The van der Waals surface area contributed by atoms with E-state index in [1.807, 2.05) is 26.2 Å². The van der Waals surface area contributed by atoms with Crippen LogP contribution in [0.4, 0.5) is 5.13 Å². The number of rotatable bonds is 4. The van der Waals surface area contributed by atoms with Crippen LogP contribution in [0.25, 0.3) is 0 Å². The molecule has 2 aromatic rings. The molecule has 0 aliphatic rings. The Hall–Kier alpha value is -1.69. The summed E-state index contributed by atoms with van der Waals surface area (Å²) in [4.78, 5) is 16.7. The topological polar surface area (TPSA) is 68.0 Å². The summed E-state index contributed by atoms with van der Waals surface area (Å²) < 4.78 is 5.11. The standard InChI is InChI=1S/C14H19N3O2S/c1-7(2)11-6-20-14(15-11)16-13(18)8(3)12-9(4)17-19-10(12)5/h6-8H,1-5H3,(H,15,16,18). The molecule has 1 unspecified atom stereocenters. The molecule has 0 bridgehead atoms. The van der Waals surface area contributed by atoms with Gasteiger partial charge in [0.05, 0.1) is 17.3 Å². The molecular formula is C14H19N3O2S. The molecule has 1 N–H and O–H groups in total. The van der Waals surface area contributed by atoms with Gasteiger partial charge in [-0.25, -0.2) is 4.98 Å². The van der Waals surface area contributed by atoms with Crippen molar-refractivity contribution in [2.45, 2.75) is 46.5 Å². The lowest BCUT2D eigenvalue weighted by molar-refractivity contribution is -0.117. The van der Waals surface area contributed by atoms with E-state index < -0.39 is 0 Å². The Bertz CT molecular complexity index is 596. The van der Waals surface area contributed by atoms with E-state index in [1.54, 1.807) is 0 Å². The maximum Gasteiger partial charge on any atom is 0.233 e. The van der Waals surface area contributed by atoms with E-state index in [9.17, 15) is 4.79 Å². The molecule has 0 aromatic carbocycles. The summed E-state index contributed by atoms with van der Waals surface area (Å²) in [5.41, 5.74) is 2.60. The zero-order valence-corrected chi connectivity index (χ0v) is 13.2. The van der Waals surface area contributed by atoms with Gasteiger partial charge in [-0.1, -0.05) is 19.0 Å². The first kappa shape index (κ1) is 14.7. The fraction of sp³-hybridized carbons (Fsp3) is 0.500. The minimum Gasteiger partial charge on any atom is -0.361 e. The zero-order chi connectivity index (χ0) is 14.9. The second kappa shape index (κ2) is 5.75. The minimum atomic E-state index is -0.312. The van der Waals surface area contributed by atoms with E-state index >= 15 is 0 Å². The van der Waals surface area contributed by atoms with Crippen molar-refractivity contribution in [2.75, 3.05) is 5.32 Å². The highest BCUT2D eigenvalue weighted by Crippen LogP contribution is 2.26. The molecule has 0 aliphatic carbocycles. The van der Waals surface area contributed by atoms with Crippen molar-refractivity contribution in [3.8, 4) is 0 Å². The van der Waals surface area contributed by atoms with Crippen molar-refractivity contribution in [2.24, 2.45) is 0 Å². The van der Waals surface area contributed by atoms with Crippen LogP contribution in [0.3, 0.4) is 0 Å². The van der Waals surface area contributed by atoms with Crippen molar-refractivity contribution in [3.05, 3.63) is 28.1 Å². The Morgan fingerprint density at radius 3 is 2.55 bits per heavy atom. The maximum absolute atomic E-state index is 12.3. The van der Waals surface area contributed by atoms with E-state index in [-0.39, 0.29) is 11.8 Å². The number of aromatic nitrogens is 2. The molecule has 2 aromatic heterocycles. The number of nitrogens with zero attached hydrogens (tertiary/aromatic N) is 2. The van der Waals surface area contributed by atoms with Crippen LogP contribution < -0.4 is 5.32 Å². The maximum atomic E-state index is 12.3. The van der Waals surface area contributed by atoms with Gasteiger partial charge in [-0.15, -0.1) is 11.3 Å². The third-order valence-electron chi connectivity index (χ3n) is 3.26. The van der Waals surface area contributed by atoms with Gasteiger partial charge in [0.2, 0.25) is 5.91 Å². The summed E-state index contributed by atoms with van der Waals surface area (Å²) in [6.07, 6.45) is 0. The van der Waals surface area contributed by atoms with Crippen molar-refractivity contribution in [3.63, 3.8) is 0 Å². The fourth-order valence-electron chi connectivity index (χ4n) is 2.06. The first-order chi connectivity index (χ1) is 9.40. The molecule has 5 nitrogen and oxygen atoms in total.